The third kappa shape index (κ3) is 3.52. The fourth-order valence-corrected chi connectivity index (χ4v) is 2.85. The molecule has 0 amide bonds. The van der Waals surface area contributed by atoms with Crippen molar-refractivity contribution < 1.29 is 22.4 Å². The van der Waals surface area contributed by atoms with Crippen LogP contribution in [0.5, 0.6) is 5.75 Å². The van der Waals surface area contributed by atoms with E-state index in [1.807, 2.05) is 0 Å². The molecule has 3 rings (SSSR count). The summed E-state index contributed by atoms with van der Waals surface area (Å²) in [5, 5.41) is 6.02. The third-order valence-corrected chi connectivity index (χ3v) is 4.06. The fourth-order valence-electron chi connectivity index (χ4n) is 2.60. The molecule has 0 spiro atoms. The number of aryl methyl sites for hydroxylation is 1. The number of benzene rings is 1. The van der Waals surface area contributed by atoms with Gasteiger partial charge in [-0.05, 0) is 19.1 Å². The maximum Gasteiger partial charge on any atom is 0.422 e. The molecular formula is C16H14ClF3N6O2. The SMILES string of the molecule is CNc1nc(N)nc(-c2cc(OC)c(-c3nc(C)no3)cc2Cl)c1C(F)(F)F. The highest BCUT2D eigenvalue weighted by molar-refractivity contribution is 6.33. The minimum absolute atomic E-state index is 0.0442. The zero-order valence-corrected chi connectivity index (χ0v) is 15.6. The quantitative estimate of drug-likeness (QED) is 0.662. The van der Waals surface area contributed by atoms with E-state index in [0.717, 1.165) is 0 Å². The average molecular weight is 415 g/mol. The van der Waals surface area contributed by atoms with Gasteiger partial charge in [-0.2, -0.15) is 23.1 Å². The molecule has 0 saturated heterocycles. The minimum Gasteiger partial charge on any atom is -0.496 e. The molecule has 3 aromatic rings. The number of methoxy groups -OCH3 is 1. The summed E-state index contributed by atoms with van der Waals surface area (Å²) in [5.41, 5.74) is 4.28. The van der Waals surface area contributed by atoms with Crippen LogP contribution in [0.4, 0.5) is 24.9 Å². The van der Waals surface area contributed by atoms with Crippen LogP contribution in [0.3, 0.4) is 0 Å². The van der Waals surface area contributed by atoms with Crippen molar-refractivity contribution in [3.05, 3.63) is 28.5 Å². The summed E-state index contributed by atoms with van der Waals surface area (Å²) in [5.74, 6) is -0.171. The van der Waals surface area contributed by atoms with Gasteiger partial charge in [0.2, 0.25) is 5.95 Å². The average Bonchev–Trinajstić information content (AvgIpc) is 3.05. The second kappa shape index (κ2) is 7.15. The van der Waals surface area contributed by atoms with Crippen molar-refractivity contribution in [2.75, 3.05) is 25.2 Å². The van der Waals surface area contributed by atoms with Crippen molar-refractivity contribution >= 4 is 23.4 Å². The summed E-state index contributed by atoms with van der Waals surface area (Å²) >= 11 is 6.29. The van der Waals surface area contributed by atoms with Gasteiger partial charge in [0.05, 0.1) is 23.4 Å². The van der Waals surface area contributed by atoms with Crippen molar-refractivity contribution in [3.63, 3.8) is 0 Å². The number of aromatic nitrogens is 4. The van der Waals surface area contributed by atoms with Crippen molar-refractivity contribution in [1.29, 1.82) is 0 Å². The molecule has 0 atom stereocenters. The Hall–Kier alpha value is -3.08. The van der Waals surface area contributed by atoms with E-state index in [0.29, 0.717) is 11.4 Å². The van der Waals surface area contributed by atoms with Gasteiger partial charge in [0.25, 0.3) is 5.89 Å². The summed E-state index contributed by atoms with van der Waals surface area (Å²) in [6.07, 6.45) is -4.76. The van der Waals surface area contributed by atoms with E-state index >= 15 is 0 Å². The fraction of sp³-hybridized carbons (Fsp3) is 0.250. The highest BCUT2D eigenvalue weighted by Crippen LogP contribution is 2.45. The van der Waals surface area contributed by atoms with E-state index in [4.69, 9.17) is 26.6 Å². The number of nitrogens with one attached hydrogen (secondary N) is 1. The van der Waals surface area contributed by atoms with Gasteiger partial charge in [0.1, 0.15) is 17.1 Å². The molecule has 148 valence electrons. The summed E-state index contributed by atoms with van der Waals surface area (Å²) in [6.45, 7) is 1.62. The molecule has 0 fully saturated rings. The molecule has 2 heterocycles. The smallest absolute Gasteiger partial charge is 0.422 e. The Balaban J connectivity index is 2.29. The van der Waals surface area contributed by atoms with Gasteiger partial charge in [0.15, 0.2) is 5.82 Å². The monoisotopic (exact) mass is 414 g/mol. The number of hydrogen-bond acceptors (Lipinski definition) is 8. The summed E-state index contributed by atoms with van der Waals surface area (Å²) < 4.78 is 51.5. The van der Waals surface area contributed by atoms with Crippen molar-refractivity contribution in [2.45, 2.75) is 13.1 Å². The first kappa shape index (κ1) is 19.7. The Morgan fingerprint density at radius 3 is 2.43 bits per heavy atom. The first-order valence-electron chi connectivity index (χ1n) is 7.76. The van der Waals surface area contributed by atoms with E-state index < -0.39 is 23.3 Å². The minimum atomic E-state index is -4.76. The van der Waals surface area contributed by atoms with E-state index in [2.05, 4.69) is 25.4 Å². The second-order valence-corrected chi connectivity index (χ2v) is 5.99. The lowest BCUT2D eigenvalue weighted by atomic mass is 10.0. The molecule has 0 aliphatic rings. The topological polar surface area (TPSA) is 112 Å². The van der Waals surface area contributed by atoms with Gasteiger partial charge in [0, 0.05) is 12.6 Å². The second-order valence-electron chi connectivity index (χ2n) is 5.58. The zero-order chi connectivity index (χ0) is 20.6. The van der Waals surface area contributed by atoms with Crippen molar-refractivity contribution in [1.82, 2.24) is 20.1 Å². The Labute approximate surface area is 161 Å². The zero-order valence-electron chi connectivity index (χ0n) is 14.8. The Bertz CT molecular complexity index is 1040. The molecule has 1 aromatic carbocycles. The summed E-state index contributed by atoms with van der Waals surface area (Å²) in [7, 11) is 2.64. The largest absolute Gasteiger partial charge is 0.496 e. The molecule has 0 bridgehead atoms. The molecule has 0 unspecified atom stereocenters. The predicted octanol–water partition coefficient (Wildman–Crippen LogP) is 3.81. The van der Waals surface area contributed by atoms with Crippen LogP contribution in [0, 0.1) is 6.92 Å². The molecule has 12 heteroatoms. The van der Waals surface area contributed by atoms with Crippen molar-refractivity contribution in [3.8, 4) is 28.5 Å². The molecule has 8 nitrogen and oxygen atoms in total. The molecule has 2 aromatic heterocycles. The maximum absolute atomic E-state index is 13.7. The number of hydrogen-bond donors (Lipinski definition) is 2. The van der Waals surface area contributed by atoms with E-state index in [1.54, 1.807) is 6.92 Å². The number of alkyl halides is 3. The van der Waals surface area contributed by atoms with Gasteiger partial charge in [-0.3, -0.25) is 0 Å². The van der Waals surface area contributed by atoms with Gasteiger partial charge in [-0.25, -0.2) is 4.98 Å². The van der Waals surface area contributed by atoms with E-state index in [1.165, 1.54) is 26.3 Å². The number of anilines is 2. The standard InChI is InChI=1S/C16H14ClF3N6O2/c1-6-23-14(28-26-6)8-4-9(17)7(5-10(8)27-3)12-11(16(18,19)20)13(22-2)25-15(21)24-12/h4-5H,1-3H3,(H3,21,22,24,25). The van der Waals surface area contributed by atoms with Gasteiger partial charge < -0.3 is 20.3 Å². The first-order chi connectivity index (χ1) is 13.2. The predicted molar refractivity (Wildman–Crippen MR) is 96.0 cm³/mol. The van der Waals surface area contributed by atoms with Crippen molar-refractivity contribution in [2.24, 2.45) is 0 Å². The molecule has 0 aliphatic heterocycles. The lowest BCUT2D eigenvalue weighted by Gasteiger charge is -2.18. The molecule has 28 heavy (non-hydrogen) atoms. The molecular weight excluding hydrogens is 401 g/mol. The normalized spacial score (nSPS) is 11.5. The third-order valence-electron chi connectivity index (χ3n) is 3.75. The van der Waals surface area contributed by atoms with Crippen LogP contribution in [-0.4, -0.2) is 34.3 Å². The number of rotatable bonds is 4. The van der Waals surface area contributed by atoms with Crippen LogP contribution in [-0.2, 0) is 6.18 Å². The highest BCUT2D eigenvalue weighted by Gasteiger charge is 2.39. The molecule has 0 radical (unpaired) electrons. The Morgan fingerprint density at radius 1 is 1.18 bits per heavy atom. The van der Waals surface area contributed by atoms with Crippen LogP contribution in [0.15, 0.2) is 16.7 Å². The van der Waals surface area contributed by atoms with Crippen LogP contribution in [0.25, 0.3) is 22.7 Å². The van der Waals surface area contributed by atoms with Gasteiger partial charge in [-0.1, -0.05) is 16.8 Å². The van der Waals surface area contributed by atoms with Gasteiger partial charge in [-0.15, -0.1) is 0 Å². The van der Waals surface area contributed by atoms with Crippen LogP contribution < -0.4 is 15.8 Å². The highest BCUT2D eigenvalue weighted by atomic mass is 35.5. The maximum atomic E-state index is 13.7. The molecule has 3 N–H and O–H groups in total. The van der Waals surface area contributed by atoms with Crippen LogP contribution in [0.1, 0.15) is 11.4 Å². The number of nitrogen functional groups attached to an aromatic ring is 1. The summed E-state index contributed by atoms with van der Waals surface area (Å²) in [4.78, 5) is 11.5. The summed E-state index contributed by atoms with van der Waals surface area (Å²) in [6, 6.07) is 2.66. The Kier molecular flexibility index (Phi) is 5.02. The number of nitrogens with zero attached hydrogens (tertiary/aromatic N) is 4. The first-order valence-corrected chi connectivity index (χ1v) is 8.14. The number of halogens is 4. The lowest BCUT2D eigenvalue weighted by molar-refractivity contribution is -0.136. The Morgan fingerprint density at radius 2 is 1.89 bits per heavy atom. The van der Waals surface area contributed by atoms with Crippen LogP contribution in [0.2, 0.25) is 5.02 Å². The molecule has 0 aliphatic carbocycles. The van der Waals surface area contributed by atoms with E-state index in [-0.39, 0.29) is 28.2 Å². The van der Waals surface area contributed by atoms with E-state index in [9.17, 15) is 13.2 Å². The molecule has 0 saturated carbocycles. The lowest BCUT2D eigenvalue weighted by Crippen LogP contribution is -2.15. The number of nitrogens with two attached hydrogens (primary N) is 1. The number of ether oxygens (including phenoxy) is 1. The van der Waals surface area contributed by atoms with Gasteiger partial charge >= 0.3 is 6.18 Å². The van der Waals surface area contributed by atoms with Crippen LogP contribution >= 0.6 is 11.6 Å².